The van der Waals surface area contributed by atoms with E-state index in [1.54, 1.807) is 6.07 Å². The minimum atomic E-state index is -1.14. The number of aliphatic hydroxyl groups excluding tert-OH is 1. The number of hydrogen-bond acceptors (Lipinski definition) is 4. The number of H-pyrrole nitrogens is 1. The lowest BCUT2D eigenvalue weighted by Gasteiger charge is -2.10. The third-order valence-corrected chi connectivity index (χ3v) is 3.11. The summed E-state index contributed by atoms with van der Waals surface area (Å²) in [6, 6.07) is 5.03. The molecule has 2 aromatic heterocycles. The lowest BCUT2D eigenvalue weighted by Crippen LogP contribution is -2.01. The second-order valence-electron chi connectivity index (χ2n) is 4.60. The van der Waals surface area contributed by atoms with Gasteiger partial charge in [-0.3, -0.25) is 0 Å². The number of carboxylic acids is 1. The third-order valence-electron chi connectivity index (χ3n) is 3.11. The molecule has 102 valence electrons. The van der Waals surface area contributed by atoms with Crippen LogP contribution in [0.4, 0.5) is 0 Å². The first kappa shape index (κ1) is 12.4. The summed E-state index contributed by atoms with van der Waals surface area (Å²) in [5, 5.41) is 20.0. The van der Waals surface area contributed by atoms with Crippen molar-refractivity contribution in [2.75, 3.05) is 0 Å². The van der Waals surface area contributed by atoms with Gasteiger partial charge >= 0.3 is 5.97 Å². The molecule has 3 aromatic rings. The number of imidazole rings is 1. The molecule has 0 aliphatic rings. The third kappa shape index (κ3) is 1.96. The number of carbonyl (C=O) groups is 1. The molecule has 3 rings (SSSR count). The first-order valence-electron chi connectivity index (χ1n) is 6.00. The van der Waals surface area contributed by atoms with Gasteiger partial charge in [-0.15, -0.1) is 0 Å². The molecule has 20 heavy (non-hydrogen) atoms. The van der Waals surface area contributed by atoms with Crippen LogP contribution in [0.3, 0.4) is 0 Å². The van der Waals surface area contributed by atoms with Crippen LogP contribution in [0.5, 0.6) is 0 Å². The quantitative estimate of drug-likeness (QED) is 0.679. The van der Waals surface area contributed by atoms with Crippen LogP contribution in [-0.4, -0.2) is 26.2 Å². The molecule has 3 N–H and O–H groups in total. The zero-order valence-electron chi connectivity index (χ0n) is 10.6. The van der Waals surface area contributed by atoms with Crippen molar-refractivity contribution in [3.63, 3.8) is 0 Å². The average Bonchev–Trinajstić information content (AvgIpc) is 3.05. The van der Waals surface area contributed by atoms with E-state index < -0.39 is 12.1 Å². The van der Waals surface area contributed by atoms with E-state index in [2.05, 4.69) is 9.97 Å². The van der Waals surface area contributed by atoms with Gasteiger partial charge < -0.3 is 19.6 Å². The molecular weight excluding hydrogens is 260 g/mol. The SMILES string of the molecule is Cc1cc(C(O)c2cnc[nH]2)c2oc(C(=O)O)cc2c1. The maximum atomic E-state index is 11.0. The Bertz CT molecular complexity index is 774. The Hall–Kier alpha value is -2.60. The summed E-state index contributed by atoms with van der Waals surface area (Å²) >= 11 is 0. The maximum absolute atomic E-state index is 11.0. The van der Waals surface area contributed by atoms with Crippen molar-refractivity contribution < 1.29 is 19.4 Å². The van der Waals surface area contributed by atoms with Crippen LogP contribution in [0.2, 0.25) is 0 Å². The maximum Gasteiger partial charge on any atom is 0.371 e. The molecule has 6 heteroatoms. The fourth-order valence-electron chi connectivity index (χ4n) is 2.23. The summed E-state index contributed by atoms with van der Waals surface area (Å²) in [5.41, 5.74) is 2.31. The zero-order valence-corrected chi connectivity index (χ0v) is 10.6. The summed E-state index contributed by atoms with van der Waals surface area (Å²) in [4.78, 5) is 17.7. The second-order valence-corrected chi connectivity index (χ2v) is 4.60. The Morgan fingerprint density at radius 2 is 2.20 bits per heavy atom. The van der Waals surface area contributed by atoms with Gasteiger partial charge in [0.1, 0.15) is 11.7 Å². The molecule has 0 saturated heterocycles. The minimum absolute atomic E-state index is 0.149. The molecule has 0 aliphatic heterocycles. The van der Waals surface area contributed by atoms with Gasteiger partial charge in [-0.05, 0) is 30.7 Å². The molecular formula is C14H12N2O4. The van der Waals surface area contributed by atoms with Crippen molar-refractivity contribution in [1.29, 1.82) is 0 Å². The van der Waals surface area contributed by atoms with Gasteiger partial charge in [0.05, 0.1) is 18.2 Å². The molecule has 6 nitrogen and oxygen atoms in total. The van der Waals surface area contributed by atoms with Gasteiger partial charge in [-0.1, -0.05) is 0 Å². The molecule has 0 amide bonds. The largest absolute Gasteiger partial charge is 0.475 e. The second kappa shape index (κ2) is 4.50. The van der Waals surface area contributed by atoms with Gasteiger partial charge in [0, 0.05) is 10.9 Å². The van der Waals surface area contributed by atoms with Crippen molar-refractivity contribution in [3.8, 4) is 0 Å². The van der Waals surface area contributed by atoms with E-state index in [1.165, 1.54) is 18.6 Å². The highest BCUT2D eigenvalue weighted by Gasteiger charge is 2.20. The van der Waals surface area contributed by atoms with E-state index in [0.29, 0.717) is 22.2 Å². The number of aromatic nitrogens is 2. The first-order valence-corrected chi connectivity index (χ1v) is 6.00. The number of furan rings is 1. The predicted molar refractivity (Wildman–Crippen MR) is 70.6 cm³/mol. The van der Waals surface area contributed by atoms with Crippen molar-refractivity contribution in [2.45, 2.75) is 13.0 Å². The summed E-state index contributed by atoms with van der Waals surface area (Å²) in [7, 11) is 0. The number of aliphatic hydroxyl groups is 1. The van der Waals surface area contributed by atoms with E-state index in [9.17, 15) is 9.90 Å². The van der Waals surface area contributed by atoms with E-state index in [-0.39, 0.29) is 5.76 Å². The monoisotopic (exact) mass is 272 g/mol. The predicted octanol–water partition coefficient (Wildman–Crippen LogP) is 2.24. The number of hydrogen-bond donors (Lipinski definition) is 3. The normalized spacial score (nSPS) is 12.7. The van der Waals surface area contributed by atoms with Crippen LogP contribution in [0.1, 0.15) is 33.5 Å². The summed E-state index contributed by atoms with van der Waals surface area (Å²) in [6.07, 6.45) is 2.03. The number of nitrogens with zero attached hydrogens (tertiary/aromatic N) is 1. The fourth-order valence-corrected chi connectivity index (χ4v) is 2.23. The van der Waals surface area contributed by atoms with Crippen LogP contribution in [0.25, 0.3) is 11.0 Å². The van der Waals surface area contributed by atoms with Crippen molar-refractivity contribution in [2.24, 2.45) is 0 Å². The molecule has 0 fully saturated rings. The van der Waals surface area contributed by atoms with Crippen LogP contribution in [0, 0.1) is 6.92 Å². The van der Waals surface area contributed by atoms with Crippen LogP contribution in [-0.2, 0) is 0 Å². The number of carboxylic acid groups (broad SMARTS) is 1. The smallest absolute Gasteiger partial charge is 0.371 e. The van der Waals surface area contributed by atoms with Gasteiger partial charge in [-0.2, -0.15) is 0 Å². The molecule has 1 aromatic carbocycles. The van der Waals surface area contributed by atoms with Crippen LogP contribution >= 0.6 is 0 Å². The Morgan fingerprint density at radius 3 is 2.85 bits per heavy atom. The average molecular weight is 272 g/mol. The highest BCUT2D eigenvalue weighted by Crippen LogP contribution is 2.31. The number of fused-ring (bicyclic) bond motifs is 1. The standard InChI is InChI=1S/C14H12N2O4/c1-7-2-8-4-11(14(18)19)20-13(8)9(3-7)12(17)10-5-15-6-16-10/h2-6,12,17H,1H3,(H,15,16)(H,18,19). The fraction of sp³-hybridized carbons (Fsp3) is 0.143. The van der Waals surface area contributed by atoms with Gasteiger partial charge in [0.2, 0.25) is 5.76 Å². The molecule has 0 spiro atoms. The lowest BCUT2D eigenvalue weighted by atomic mass is 10.0. The number of aromatic amines is 1. The molecule has 2 heterocycles. The number of aryl methyl sites for hydroxylation is 1. The van der Waals surface area contributed by atoms with Crippen molar-refractivity contribution in [1.82, 2.24) is 9.97 Å². The lowest BCUT2D eigenvalue weighted by molar-refractivity contribution is 0.0664. The Morgan fingerprint density at radius 1 is 1.40 bits per heavy atom. The highest BCUT2D eigenvalue weighted by atomic mass is 16.4. The molecule has 1 unspecified atom stereocenters. The van der Waals surface area contributed by atoms with Crippen molar-refractivity contribution >= 4 is 16.9 Å². The zero-order chi connectivity index (χ0) is 14.3. The summed E-state index contributed by atoms with van der Waals surface area (Å²) in [6.45, 7) is 1.87. The van der Waals surface area contributed by atoms with Gasteiger partial charge in [0.15, 0.2) is 0 Å². The number of rotatable bonds is 3. The Labute approximate surface area is 113 Å². The number of nitrogens with one attached hydrogen (secondary N) is 1. The van der Waals surface area contributed by atoms with Crippen LogP contribution < -0.4 is 0 Å². The van der Waals surface area contributed by atoms with Crippen LogP contribution in [0.15, 0.2) is 35.1 Å². The van der Waals surface area contributed by atoms with Crippen molar-refractivity contribution in [3.05, 3.63) is 53.3 Å². The van der Waals surface area contributed by atoms with E-state index >= 15 is 0 Å². The van der Waals surface area contributed by atoms with E-state index in [1.807, 2.05) is 13.0 Å². The van der Waals surface area contributed by atoms with E-state index in [4.69, 9.17) is 9.52 Å². The summed E-state index contributed by atoms with van der Waals surface area (Å²) < 4.78 is 5.34. The number of benzene rings is 1. The van der Waals surface area contributed by atoms with Gasteiger partial charge in [-0.25, -0.2) is 9.78 Å². The molecule has 0 aliphatic carbocycles. The Kier molecular flexibility index (Phi) is 2.80. The van der Waals surface area contributed by atoms with E-state index in [0.717, 1.165) is 5.56 Å². The highest BCUT2D eigenvalue weighted by molar-refractivity contribution is 5.92. The Balaban J connectivity index is 2.21. The van der Waals surface area contributed by atoms with Gasteiger partial charge in [0.25, 0.3) is 0 Å². The molecule has 1 atom stereocenters. The molecule has 0 bridgehead atoms. The number of aromatic carboxylic acids is 1. The summed E-state index contributed by atoms with van der Waals surface area (Å²) in [5.74, 6) is -1.29. The minimum Gasteiger partial charge on any atom is -0.475 e. The first-order chi connectivity index (χ1) is 9.56. The topological polar surface area (TPSA) is 99.4 Å². The molecule has 0 radical (unpaired) electrons. The molecule has 0 saturated carbocycles.